The molecule has 0 saturated heterocycles. The molecular formula is C13H9ClF4N2O. The summed E-state index contributed by atoms with van der Waals surface area (Å²) in [6.07, 6.45) is -4.81. The zero-order valence-corrected chi connectivity index (χ0v) is 11.7. The average molecular weight is 321 g/mol. The van der Waals surface area contributed by atoms with E-state index in [1.807, 2.05) is 0 Å². The summed E-state index contributed by atoms with van der Waals surface area (Å²) in [7, 11) is 0. The molecule has 1 heterocycles. The molecule has 0 radical (unpaired) electrons. The Balaban J connectivity index is 2.39. The summed E-state index contributed by atoms with van der Waals surface area (Å²) in [6.45, 7) is 3.31. The molecule has 0 fully saturated rings. The molecule has 0 aliphatic rings. The molecule has 0 spiro atoms. The molecule has 2 aromatic rings. The van der Waals surface area contributed by atoms with Gasteiger partial charge in [0.1, 0.15) is 11.6 Å². The van der Waals surface area contributed by atoms with Crippen molar-refractivity contribution in [1.29, 1.82) is 0 Å². The Labute approximate surface area is 122 Å². The summed E-state index contributed by atoms with van der Waals surface area (Å²) in [5.41, 5.74) is -0.274. The van der Waals surface area contributed by atoms with Crippen molar-refractivity contribution >= 4 is 11.6 Å². The normalized spacial score (nSPS) is 11.6. The maximum absolute atomic E-state index is 13.2. The van der Waals surface area contributed by atoms with E-state index < -0.39 is 17.6 Å². The smallest absolute Gasteiger partial charge is 0.419 e. The van der Waals surface area contributed by atoms with E-state index in [1.165, 1.54) is 0 Å². The lowest BCUT2D eigenvalue weighted by molar-refractivity contribution is -0.140. The molecule has 8 heteroatoms. The van der Waals surface area contributed by atoms with E-state index >= 15 is 0 Å². The van der Waals surface area contributed by atoms with Gasteiger partial charge in [-0.05, 0) is 37.6 Å². The molecule has 0 atom stereocenters. The van der Waals surface area contributed by atoms with Crippen LogP contribution in [0.4, 0.5) is 17.6 Å². The highest BCUT2D eigenvalue weighted by Crippen LogP contribution is 2.35. The zero-order valence-electron chi connectivity index (χ0n) is 10.9. The maximum Gasteiger partial charge on any atom is 0.419 e. The molecule has 0 bridgehead atoms. The van der Waals surface area contributed by atoms with E-state index in [0.29, 0.717) is 23.3 Å². The van der Waals surface area contributed by atoms with Gasteiger partial charge in [-0.3, -0.25) is 0 Å². The molecule has 0 amide bonds. The van der Waals surface area contributed by atoms with Crippen molar-refractivity contribution in [1.82, 2.24) is 10.2 Å². The highest BCUT2D eigenvalue weighted by Gasteiger charge is 2.34. The predicted octanol–water partition coefficient (Wildman–Crippen LogP) is 4.70. The number of rotatable bonds is 2. The second-order valence-corrected chi connectivity index (χ2v) is 4.65. The van der Waals surface area contributed by atoms with Crippen LogP contribution < -0.4 is 4.74 Å². The van der Waals surface area contributed by atoms with E-state index in [2.05, 4.69) is 10.2 Å². The molecule has 0 saturated carbocycles. The standard InChI is InChI=1S/C13H9ClF4N2O/c1-6-7(2)12(20-19-11(6)14)21-8-3-4-10(15)9(5-8)13(16,17)18/h3-5H,1-2H3. The molecule has 1 aromatic carbocycles. The molecule has 1 aromatic heterocycles. The Morgan fingerprint density at radius 2 is 1.76 bits per heavy atom. The van der Waals surface area contributed by atoms with Crippen LogP contribution in [0.3, 0.4) is 0 Å². The molecule has 0 N–H and O–H groups in total. The number of aromatic nitrogens is 2. The minimum Gasteiger partial charge on any atom is -0.437 e. The molecule has 0 aliphatic heterocycles. The lowest BCUT2D eigenvalue weighted by atomic mass is 10.2. The Hall–Kier alpha value is -1.89. The van der Waals surface area contributed by atoms with Crippen molar-refractivity contribution in [3.05, 3.63) is 45.9 Å². The first-order chi connectivity index (χ1) is 9.70. The fraction of sp³-hybridized carbons (Fsp3) is 0.231. The van der Waals surface area contributed by atoms with E-state index in [9.17, 15) is 17.6 Å². The van der Waals surface area contributed by atoms with Gasteiger partial charge >= 0.3 is 6.18 Å². The maximum atomic E-state index is 13.2. The molecular weight excluding hydrogens is 312 g/mol. The summed E-state index contributed by atoms with van der Waals surface area (Å²) >= 11 is 5.77. The van der Waals surface area contributed by atoms with Crippen LogP contribution in [-0.4, -0.2) is 10.2 Å². The Morgan fingerprint density at radius 3 is 2.38 bits per heavy atom. The van der Waals surface area contributed by atoms with Gasteiger partial charge in [0, 0.05) is 5.56 Å². The topological polar surface area (TPSA) is 35.0 Å². The number of benzene rings is 1. The van der Waals surface area contributed by atoms with Crippen LogP contribution in [0.5, 0.6) is 11.6 Å². The lowest BCUT2D eigenvalue weighted by Crippen LogP contribution is -2.08. The van der Waals surface area contributed by atoms with Gasteiger partial charge in [0.25, 0.3) is 0 Å². The molecule has 0 aliphatic carbocycles. The molecule has 21 heavy (non-hydrogen) atoms. The number of hydrogen-bond donors (Lipinski definition) is 0. The molecule has 0 unspecified atom stereocenters. The second-order valence-electron chi connectivity index (χ2n) is 4.29. The van der Waals surface area contributed by atoms with E-state index in [-0.39, 0.29) is 16.8 Å². The predicted molar refractivity (Wildman–Crippen MR) is 68.0 cm³/mol. The number of hydrogen-bond acceptors (Lipinski definition) is 3. The van der Waals surface area contributed by atoms with Crippen LogP contribution in [0, 0.1) is 19.7 Å². The van der Waals surface area contributed by atoms with Gasteiger partial charge < -0.3 is 4.74 Å². The monoisotopic (exact) mass is 320 g/mol. The molecule has 2 rings (SSSR count). The minimum absolute atomic E-state index is 0.0108. The van der Waals surface area contributed by atoms with Gasteiger partial charge in [-0.25, -0.2) is 4.39 Å². The molecule has 3 nitrogen and oxygen atoms in total. The van der Waals surface area contributed by atoms with Crippen molar-refractivity contribution in [2.45, 2.75) is 20.0 Å². The summed E-state index contributed by atoms with van der Waals surface area (Å²) in [6, 6.07) is 2.33. The van der Waals surface area contributed by atoms with Crippen molar-refractivity contribution in [3.63, 3.8) is 0 Å². The number of ether oxygens (including phenoxy) is 1. The Bertz CT molecular complexity index is 689. The van der Waals surface area contributed by atoms with Crippen LogP contribution in [0.1, 0.15) is 16.7 Å². The van der Waals surface area contributed by atoms with Gasteiger partial charge in [-0.1, -0.05) is 11.6 Å². The average Bonchev–Trinajstić information content (AvgIpc) is 2.40. The van der Waals surface area contributed by atoms with Gasteiger partial charge in [-0.2, -0.15) is 13.2 Å². The first kappa shape index (κ1) is 15.5. The highest BCUT2D eigenvalue weighted by molar-refractivity contribution is 6.30. The van der Waals surface area contributed by atoms with Gasteiger partial charge in [-0.15, -0.1) is 10.2 Å². The van der Waals surface area contributed by atoms with Crippen molar-refractivity contribution < 1.29 is 22.3 Å². The fourth-order valence-electron chi connectivity index (χ4n) is 1.55. The van der Waals surface area contributed by atoms with Crippen molar-refractivity contribution in [3.8, 4) is 11.6 Å². The van der Waals surface area contributed by atoms with E-state index in [0.717, 1.165) is 6.07 Å². The largest absolute Gasteiger partial charge is 0.437 e. The van der Waals surface area contributed by atoms with E-state index in [4.69, 9.17) is 16.3 Å². The van der Waals surface area contributed by atoms with Crippen LogP contribution in [-0.2, 0) is 6.18 Å². The van der Waals surface area contributed by atoms with Crippen LogP contribution in [0.15, 0.2) is 18.2 Å². The zero-order chi connectivity index (χ0) is 15.8. The number of nitrogens with zero attached hydrogens (tertiary/aromatic N) is 2. The van der Waals surface area contributed by atoms with Gasteiger partial charge in [0.2, 0.25) is 5.88 Å². The SMILES string of the molecule is Cc1c(Cl)nnc(Oc2ccc(F)c(C(F)(F)F)c2)c1C. The van der Waals surface area contributed by atoms with Crippen LogP contribution in [0.2, 0.25) is 5.15 Å². The second kappa shape index (κ2) is 5.48. The van der Waals surface area contributed by atoms with Gasteiger partial charge in [0.05, 0.1) is 5.56 Å². The summed E-state index contributed by atoms with van der Waals surface area (Å²) in [4.78, 5) is 0. The highest BCUT2D eigenvalue weighted by atomic mass is 35.5. The van der Waals surface area contributed by atoms with Crippen LogP contribution in [0.25, 0.3) is 0 Å². The first-order valence-corrected chi connectivity index (χ1v) is 6.12. The quantitative estimate of drug-likeness (QED) is 0.752. The van der Waals surface area contributed by atoms with E-state index in [1.54, 1.807) is 13.8 Å². The minimum atomic E-state index is -4.81. The third kappa shape index (κ3) is 3.24. The third-order valence-corrected chi connectivity index (χ3v) is 3.24. The van der Waals surface area contributed by atoms with Gasteiger partial charge in [0.15, 0.2) is 5.15 Å². The Morgan fingerprint density at radius 1 is 1.10 bits per heavy atom. The van der Waals surface area contributed by atoms with Crippen LogP contribution >= 0.6 is 11.6 Å². The van der Waals surface area contributed by atoms with Crippen molar-refractivity contribution in [2.24, 2.45) is 0 Å². The summed E-state index contributed by atoms with van der Waals surface area (Å²) in [5, 5.41) is 7.46. The fourth-order valence-corrected chi connectivity index (χ4v) is 1.73. The summed E-state index contributed by atoms with van der Waals surface area (Å²) in [5.74, 6) is -1.55. The Kier molecular flexibility index (Phi) is 4.04. The first-order valence-electron chi connectivity index (χ1n) is 5.74. The number of alkyl halides is 3. The number of halogens is 5. The summed E-state index contributed by atoms with van der Waals surface area (Å²) < 4.78 is 56.3. The third-order valence-electron chi connectivity index (χ3n) is 2.88. The molecule has 112 valence electrons. The van der Waals surface area contributed by atoms with Crippen molar-refractivity contribution in [2.75, 3.05) is 0 Å². The lowest BCUT2D eigenvalue weighted by Gasteiger charge is -2.12.